The summed E-state index contributed by atoms with van der Waals surface area (Å²) >= 11 is 0. The summed E-state index contributed by atoms with van der Waals surface area (Å²) in [4.78, 5) is 16.1. The van der Waals surface area contributed by atoms with Crippen LogP contribution >= 0.6 is 0 Å². The fourth-order valence-corrected chi connectivity index (χ4v) is 7.22. The van der Waals surface area contributed by atoms with Gasteiger partial charge in [-0.1, -0.05) is 136 Å². The van der Waals surface area contributed by atoms with E-state index in [1.807, 2.05) is 20.8 Å². The van der Waals surface area contributed by atoms with Crippen molar-refractivity contribution in [3.63, 3.8) is 0 Å². The first kappa shape index (κ1) is 38.1. The molecule has 0 unspecified atom stereocenters. The van der Waals surface area contributed by atoms with Crippen molar-refractivity contribution >= 4 is 6.09 Å². The van der Waals surface area contributed by atoms with Gasteiger partial charge in [0.25, 0.3) is 0 Å². The molecule has 1 fully saturated rings. The van der Waals surface area contributed by atoms with E-state index in [4.69, 9.17) is 9.47 Å². The molecule has 2 aromatic rings. The summed E-state index contributed by atoms with van der Waals surface area (Å²) in [6.45, 7) is 24.2. The van der Waals surface area contributed by atoms with Crippen LogP contribution in [0.1, 0.15) is 186 Å². The van der Waals surface area contributed by atoms with Gasteiger partial charge in [0.15, 0.2) is 0 Å². The van der Waals surface area contributed by atoms with Crippen LogP contribution in [-0.2, 0) is 15.9 Å². The van der Waals surface area contributed by atoms with Gasteiger partial charge in [-0.15, -0.1) is 0 Å². The number of likely N-dealkylation sites (tertiary alicyclic amines) is 1. The van der Waals surface area contributed by atoms with E-state index < -0.39 is 5.60 Å². The quantitative estimate of drug-likeness (QED) is 0.173. The molecule has 0 saturated carbocycles. The summed E-state index contributed by atoms with van der Waals surface area (Å²) in [7, 11) is 0. The molecule has 258 valence electrons. The number of amides is 1. The third kappa shape index (κ3) is 10.9. The first-order valence-electron chi connectivity index (χ1n) is 18.6. The van der Waals surface area contributed by atoms with Gasteiger partial charge in [-0.3, -0.25) is 4.90 Å². The standard InChI is InChI=1S/C42H67NO3/c1-12-13-14-15-16-17-21-24-35-28-39(38(25-33-22-19-18-20-23-33)43(35)41(44)46-42(9,10)11)45-32(8)40-36(30(4)5)26-34(29(2)3)27-37(40)31(6)7/h18-20,22-23,26-27,29-32,35,38-39H,12-17,21,24-25,28H2,1-11H3/t32-,35-,38+,39+/m1/s1. The fraction of sp³-hybridized carbons (Fsp3) is 0.690. The van der Waals surface area contributed by atoms with Crippen LogP contribution in [0, 0.1) is 0 Å². The number of carbonyl (C=O) groups is 1. The van der Waals surface area contributed by atoms with Gasteiger partial charge >= 0.3 is 6.09 Å². The van der Waals surface area contributed by atoms with E-state index in [1.54, 1.807) is 0 Å². The predicted octanol–water partition coefficient (Wildman–Crippen LogP) is 12.3. The summed E-state index contributed by atoms with van der Waals surface area (Å²) in [5.74, 6) is 1.26. The number of hydrogen-bond acceptors (Lipinski definition) is 3. The van der Waals surface area contributed by atoms with Gasteiger partial charge in [0.05, 0.1) is 18.2 Å². The molecule has 0 bridgehead atoms. The Kier molecular flexibility index (Phi) is 14.7. The Morgan fingerprint density at radius 2 is 1.39 bits per heavy atom. The van der Waals surface area contributed by atoms with E-state index >= 15 is 0 Å². The van der Waals surface area contributed by atoms with E-state index in [2.05, 4.69) is 103 Å². The number of unbranched alkanes of at least 4 members (excludes halogenated alkanes) is 6. The Balaban J connectivity index is 1.98. The monoisotopic (exact) mass is 634 g/mol. The van der Waals surface area contributed by atoms with Crippen molar-refractivity contribution in [2.45, 2.75) is 188 Å². The van der Waals surface area contributed by atoms with Crippen LogP contribution in [0.2, 0.25) is 0 Å². The number of benzene rings is 2. The molecule has 1 aliphatic rings. The molecule has 1 amide bonds. The van der Waals surface area contributed by atoms with Crippen molar-refractivity contribution in [2.24, 2.45) is 0 Å². The molecular formula is C42H67NO3. The zero-order valence-electron chi connectivity index (χ0n) is 31.3. The maximum atomic E-state index is 14.0. The van der Waals surface area contributed by atoms with Gasteiger partial charge in [-0.05, 0) is 92.5 Å². The number of rotatable bonds is 16. The maximum Gasteiger partial charge on any atom is 0.410 e. The number of nitrogens with zero attached hydrogens (tertiary/aromatic N) is 1. The molecule has 4 atom stereocenters. The Morgan fingerprint density at radius 3 is 1.91 bits per heavy atom. The summed E-state index contributed by atoms with van der Waals surface area (Å²) < 4.78 is 13.3. The normalized spacial score (nSPS) is 19.4. The number of carbonyl (C=O) groups excluding carboxylic acids is 1. The highest BCUT2D eigenvalue weighted by Gasteiger charge is 2.46. The molecule has 1 aliphatic heterocycles. The fourth-order valence-electron chi connectivity index (χ4n) is 7.22. The van der Waals surface area contributed by atoms with Gasteiger partial charge in [-0.2, -0.15) is 0 Å². The van der Waals surface area contributed by atoms with Crippen LogP contribution in [-0.4, -0.2) is 34.8 Å². The lowest BCUT2D eigenvalue weighted by molar-refractivity contribution is -0.0299. The molecule has 3 rings (SSSR count). The molecule has 4 heteroatoms. The Hall–Kier alpha value is -2.33. The van der Waals surface area contributed by atoms with Crippen molar-refractivity contribution in [1.29, 1.82) is 0 Å². The smallest absolute Gasteiger partial charge is 0.410 e. The molecule has 1 heterocycles. The van der Waals surface area contributed by atoms with Crippen molar-refractivity contribution in [2.75, 3.05) is 0 Å². The van der Waals surface area contributed by atoms with E-state index in [0.717, 1.165) is 25.7 Å². The third-order valence-electron chi connectivity index (χ3n) is 9.68. The number of ether oxygens (including phenoxy) is 2. The van der Waals surface area contributed by atoms with Gasteiger partial charge in [0, 0.05) is 6.04 Å². The summed E-state index contributed by atoms with van der Waals surface area (Å²) in [6.07, 6.45) is 11.1. The largest absolute Gasteiger partial charge is 0.444 e. The minimum absolute atomic E-state index is 0.0814. The molecule has 0 aromatic heterocycles. The van der Waals surface area contributed by atoms with Crippen LogP contribution in [0.25, 0.3) is 0 Å². The van der Waals surface area contributed by atoms with Crippen LogP contribution in [0.5, 0.6) is 0 Å². The predicted molar refractivity (Wildman–Crippen MR) is 195 cm³/mol. The highest BCUT2D eigenvalue weighted by Crippen LogP contribution is 2.41. The van der Waals surface area contributed by atoms with Crippen molar-refractivity contribution in [3.8, 4) is 0 Å². The van der Waals surface area contributed by atoms with Gasteiger partial charge < -0.3 is 9.47 Å². The second-order valence-corrected chi connectivity index (χ2v) is 15.8. The third-order valence-corrected chi connectivity index (χ3v) is 9.68. The Morgan fingerprint density at radius 1 is 0.826 bits per heavy atom. The minimum Gasteiger partial charge on any atom is -0.444 e. The molecule has 46 heavy (non-hydrogen) atoms. The van der Waals surface area contributed by atoms with E-state index in [0.29, 0.717) is 17.8 Å². The van der Waals surface area contributed by atoms with Gasteiger partial charge in [-0.25, -0.2) is 4.79 Å². The summed E-state index contributed by atoms with van der Waals surface area (Å²) in [5, 5.41) is 0. The lowest BCUT2D eigenvalue weighted by atomic mass is 9.82. The first-order chi connectivity index (χ1) is 21.7. The van der Waals surface area contributed by atoms with Crippen LogP contribution in [0.3, 0.4) is 0 Å². The van der Waals surface area contributed by atoms with Crippen LogP contribution in [0.4, 0.5) is 4.79 Å². The molecule has 0 N–H and O–H groups in total. The summed E-state index contributed by atoms with van der Waals surface area (Å²) in [5.41, 5.74) is 6.20. The average Bonchev–Trinajstić information content (AvgIpc) is 3.31. The van der Waals surface area contributed by atoms with Gasteiger partial charge in [0.1, 0.15) is 5.60 Å². The van der Waals surface area contributed by atoms with E-state index in [1.165, 1.54) is 66.3 Å². The SMILES string of the molecule is CCCCCCCCC[C@@H]1C[C@H](O[C@H](C)c2c(C(C)C)cc(C(C)C)cc2C(C)C)[C@H](Cc2ccccc2)N1C(=O)OC(C)(C)C. The molecule has 2 aromatic carbocycles. The number of hydrogen-bond donors (Lipinski definition) is 0. The lowest BCUT2D eigenvalue weighted by Gasteiger charge is -2.34. The highest BCUT2D eigenvalue weighted by atomic mass is 16.6. The molecule has 4 nitrogen and oxygen atoms in total. The van der Waals surface area contributed by atoms with E-state index in [9.17, 15) is 4.79 Å². The first-order valence-corrected chi connectivity index (χ1v) is 18.6. The summed E-state index contributed by atoms with van der Waals surface area (Å²) in [6, 6.07) is 15.5. The topological polar surface area (TPSA) is 38.8 Å². The lowest BCUT2D eigenvalue weighted by Crippen LogP contribution is -2.47. The van der Waals surface area contributed by atoms with Crippen molar-refractivity contribution < 1.29 is 14.3 Å². The molecule has 0 aliphatic carbocycles. The highest BCUT2D eigenvalue weighted by molar-refractivity contribution is 5.70. The Labute approximate surface area is 283 Å². The van der Waals surface area contributed by atoms with Crippen molar-refractivity contribution in [3.05, 3.63) is 70.3 Å². The van der Waals surface area contributed by atoms with Gasteiger partial charge in [0.2, 0.25) is 0 Å². The second kappa shape index (κ2) is 17.7. The van der Waals surface area contributed by atoms with Crippen LogP contribution < -0.4 is 0 Å². The zero-order chi connectivity index (χ0) is 34.0. The molecular weight excluding hydrogens is 566 g/mol. The molecule has 0 spiro atoms. The Bertz CT molecular complexity index is 1170. The second-order valence-electron chi connectivity index (χ2n) is 15.8. The van der Waals surface area contributed by atoms with Crippen molar-refractivity contribution in [1.82, 2.24) is 4.90 Å². The minimum atomic E-state index is -0.555. The average molecular weight is 634 g/mol. The van der Waals surface area contributed by atoms with Crippen LogP contribution in [0.15, 0.2) is 42.5 Å². The van der Waals surface area contributed by atoms with E-state index in [-0.39, 0.29) is 30.4 Å². The zero-order valence-corrected chi connectivity index (χ0v) is 31.3. The molecule has 0 radical (unpaired) electrons. The maximum absolute atomic E-state index is 14.0. The molecule has 1 saturated heterocycles.